The normalized spacial score (nSPS) is 17.0. The lowest BCUT2D eigenvalue weighted by Crippen LogP contribution is -2.48. The number of halogens is 1. The molecule has 2 N–H and O–H groups in total. The topological polar surface area (TPSA) is 57.1 Å². The molecule has 158 valence electrons. The van der Waals surface area contributed by atoms with Gasteiger partial charge in [-0.1, -0.05) is 48.0 Å². The van der Waals surface area contributed by atoms with Gasteiger partial charge in [-0.3, -0.25) is 0 Å². The third-order valence-electron chi connectivity index (χ3n) is 5.16. The highest BCUT2D eigenvalue weighted by molar-refractivity contribution is 14.0. The molecule has 0 spiro atoms. The molecule has 1 aliphatic rings. The highest BCUT2D eigenvalue weighted by Crippen LogP contribution is 2.26. The van der Waals surface area contributed by atoms with Crippen LogP contribution in [0.25, 0.3) is 0 Å². The van der Waals surface area contributed by atoms with Gasteiger partial charge in [-0.05, 0) is 43.0 Å². The van der Waals surface area contributed by atoms with Crippen molar-refractivity contribution in [3.05, 3.63) is 70.3 Å². The first-order valence-corrected chi connectivity index (χ1v) is 10.0. The Morgan fingerprint density at radius 2 is 1.97 bits per heavy atom. The lowest BCUT2D eigenvalue weighted by molar-refractivity contribution is -0.00834. The predicted octanol–water partition coefficient (Wildman–Crippen LogP) is 3.95. The number of rotatable bonds is 5. The van der Waals surface area contributed by atoms with Crippen molar-refractivity contribution in [3.8, 4) is 0 Å². The zero-order valence-corrected chi connectivity index (χ0v) is 19.8. The number of guanidine groups is 1. The summed E-state index contributed by atoms with van der Waals surface area (Å²) in [5.41, 5.74) is 5.77. The number of aryl methyl sites for hydroxylation is 2. The Morgan fingerprint density at radius 3 is 2.66 bits per heavy atom. The second kappa shape index (κ2) is 11.5. The molecule has 0 bridgehead atoms. The van der Waals surface area contributed by atoms with Crippen LogP contribution in [0.2, 0.25) is 0 Å². The van der Waals surface area contributed by atoms with Crippen molar-refractivity contribution in [1.82, 2.24) is 10.2 Å². The summed E-state index contributed by atoms with van der Waals surface area (Å²) in [6.07, 6.45) is 0.0444. The van der Waals surface area contributed by atoms with E-state index in [1.165, 1.54) is 16.7 Å². The fraction of sp³-hybridized carbons (Fsp3) is 0.435. The Morgan fingerprint density at radius 1 is 1.21 bits per heavy atom. The van der Waals surface area contributed by atoms with Gasteiger partial charge in [-0.15, -0.1) is 24.0 Å². The van der Waals surface area contributed by atoms with Crippen LogP contribution in [0.15, 0.2) is 47.5 Å². The fourth-order valence-corrected chi connectivity index (χ4v) is 3.67. The molecule has 0 aromatic heterocycles. The van der Waals surface area contributed by atoms with Gasteiger partial charge >= 0.3 is 0 Å². The van der Waals surface area contributed by atoms with Gasteiger partial charge in [0, 0.05) is 13.1 Å². The number of hydrogen-bond acceptors (Lipinski definition) is 3. The van der Waals surface area contributed by atoms with Crippen LogP contribution in [0.1, 0.15) is 40.8 Å². The molecule has 1 fully saturated rings. The Hall–Kier alpha value is -1.64. The molecule has 2 aromatic carbocycles. The smallest absolute Gasteiger partial charge is 0.194 e. The minimum absolute atomic E-state index is 0. The van der Waals surface area contributed by atoms with E-state index < -0.39 is 0 Å². The number of morpholine rings is 1. The summed E-state index contributed by atoms with van der Waals surface area (Å²) in [6, 6.07) is 14.4. The number of aliphatic imine (C=N–C) groups is 1. The first-order chi connectivity index (χ1) is 13.6. The summed E-state index contributed by atoms with van der Waals surface area (Å²) in [7, 11) is 0. The molecule has 1 aliphatic heterocycles. The molecule has 3 rings (SSSR count). The third kappa shape index (κ3) is 6.17. The van der Waals surface area contributed by atoms with Crippen LogP contribution in [0.3, 0.4) is 0 Å². The van der Waals surface area contributed by atoms with Gasteiger partial charge in [-0.25, -0.2) is 4.99 Å². The average molecular weight is 509 g/mol. The maximum absolute atomic E-state index is 9.55. The summed E-state index contributed by atoms with van der Waals surface area (Å²) in [5, 5.41) is 13.0. The van der Waals surface area contributed by atoms with E-state index in [4.69, 9.17) is 9.73 Å². The molecular weight excluding hydrogens is 477 g/mol. The molecule has 1 unspecified atom stereocenters. The van der Waals surface area contributed by atoms with E-state index in [1.54, 1.807) is 0 Å². The van der Waals surface area contributed by atoms with E-state index in [0.29, 0.717) is 13.2 Å². The number of nitrogens with one attached hydrogen (secondary N) is 1. The van der Waals surface area contributed by atoms with Crippen molar-refractivity contribution in [2.24, 2.45) is 4.99 Å². The van der Waals surface area contributed by atoms with Gasteiger partial charge in [0.15, 0.2) is 5.96 Å². The standard InChI is InChI=1S/C23H31N3O2.HI/c1-4-24-23(25-14-19-7-5-6-8-20(19)16-27)26-11-12-28-22(15-26)21-10-9-17(2)13-18(21)3;/h5-10,13,22,27H,4,11-12,14-16H2,1-3H3,(H,24,25);1H. The molecule has 0 saturated carbocycles. The minimum atomic E-state index is 0. The monoisotopic (exact) mass is 509 g/mol. The Labute approximate surface area is 191 Å². The highest BCUT2D eigenvalue weighted by atomic mass is 127. The van der Waals surface area contributed by atoms with Crippen LogP contribution >= 0.6 is 24.0 Å². The molecule has 1 atom stereocenters. The van der Waals surface area contributed by atoms with Crippen molar-refractivity contribution in [1.29, 1.82) is 0 Å². The summed E-state index contributed by atoms with van der Waals surface area (Å²) >= 11 is 0. The summed E-state index contributed by atoms with van der Waals surface area (Å²) in [6.45, 7) is 10.0. The molecule has 6 heteroatoms. The molecule has 0 aliphatic carbocycles. The van der Waals surface area contributed by atoms with Crippen molar-refractivity contribution < 1.29 is 9.84 Å². The first kappa shape index (κ1) is 23.6. The van der Waals surface area contributed by atoms with E-state index in [0.717, 1.165) is 36.7 Å². The number of ether oxygens (including phenoxy) is 1. The number of aliphatic hydroxyl groups excluding tert-OH is 1. The number of aliphatic hydroxyl groups is 1. The van der Waals surface area contributed by atoms with Gasteiger partial charge in [0.25, 0.3) is 0 Å². The van der Waals surface area contributed by atoms with Crippen LogP contribution in [0.5, 0.6) is 0 Å². The lowest BCUT2D eigenvalue weighted by Gasteiger charge is -2.36. The average Bonchev–Trinajstić information content (AvgIpc) is 2.71. The fourth-order valence-electron chi connectivity index (χ4n) is 3.67. The van der Waals surface area contributed by atoms with E-state index in [9.17, 15) is 5.11 Å². The minimum Gasteiger partial charge on any atom is -0.392 e. The van der Waals surface area contributed by atoms with Gasteiger partial charge in [-0.2, -0.15) is 0 Å². The van der Waals surface area contributed by atoms with Crippen molar-refractivity contribution in [2.45, 2.75) is 40.0 Å². The number of nitrogens with zero attached hydrogens (tertiary/aromatic N) is 2. The van der Waals surface area contributed by atoms with Crippen LogP contribution < -0.4 is 5.32 Å². The van der Waals surface area contributed by atoms with Gasteiger partial charge in [0.05, 0.1) is 26.3 Å². The van der Waals surface area contributed by atoms with E-state index in [1.807, 2.05) is 24.3 Å². The number of hydrogen-bond donors (Lipinski definition) is 2. The Kier molecular flexibility index (Phi) is 9.39. The Balaban J connectivity index is 0.00000300. The van der Waals surface area contributed by atoms with Crippen LogP contribution in [0, 0.1) is 13.8 Å². The van der Waals surface area contributed by atoms with E-state index >= 15 is 0 Å². The maximum atomic E-state index is 9.55. The molecule has 0 amide bonds. The van der Waals surface area contributed by atoms with Crippen molar-refractivity contribution in [2.75, 3.05) is 26.2 Å². The van der Waals surface area contributed by atoms with Crippen LogP contribution in [-0.2, 0) is 17.9 Å². The molecule has 1 heterocycles. The maximum Gasteiger partial charge on any atom is 0.194 e. The molecule has 29 heavy (non-hydrogen) atoms. The third-order valence-corrected chi connectivity index (χ3v) is 5.16. The molecular formula is C23H32IN3O2. The van der Waals surface area contributed by atoms with E-state index in [2.05, 4.69) is 49.2 Å². The van der Waals surface area contributed by atoms with Gasteiger partial charge in [0.1, 0.15) is 6.10 Å². The summed E-state index contributed by atoms with van der Waals surface area (Å²) in [5.74, 6) is 0.897. The second-order valence-corrected chi connectivity index (χ2v) is 7.26. The zero-order valence-electron chi connectivity index (χ0n) is 17.5. The molecule has 0 radical (unpaired) electrons. The Bertz CT molecular complexity index is 826. The van der Waals surface area contributed by atoms with Crippen molar-refractivity contribution in [3.63, 3.8) is 0 Å². The van der Waals surface area contributed by atoms with Gasteiger partial charge in [0.2, 0.25) is 0 Å². The van der Waals surface area contributed by atoms with Crippen LogP contribution in [0.4, 0.5) is 0 Å². The zero-order chi connectivity index (χ0) is 19.9. The molecule has 2 aromatic rings. The summed E-state index contributed by atoms with van der Waals surface area (Å²) < 4.78 is 6.09. The van der Waals surface area contributed by atoms with Crippen molar-refractivity contribution >= 4 is 29.9 Å². The summed E-state index contributed by atoms with van der Waals surface area (Å²) in [4.78, 5) is 7.12. The second-order valence-electron chi connectivity index (χ2n) is 7.26. The van der Waals surface area contributed by atoms with Crippen LogP contribution in [-0.4, -0.2) is 42.2 Å². The molecule has 1 saturated heterocycles. The molecule has 5 nitrogen and oxygen atoms in total. The highest BCUT2D eigenvalue weighted by Gasteiger charge is 2.25. The predicted molar refractivity (Wildman–Crippen MR) is 129 cm³/mol. The van der Waals surface area contributed by atoms with E-state index in [-0.39, 0.29) is 36.7 Å². The van der Waals surface area contributed by atoms with Gasteiger partial charge < -0.3 is 20.1 Å². The largest absolute Gasteiger partial charge is 0.392 e. The SMILES string of the molecule is CCNC(=NCc1ccccc1CO)N1CCOC(c2ccc(C)cc2C)C1.I. The number of benzene rings is 2. The lowest BCUT2D eigenvalue weighted by atomic mass is 10.00. The quantitative estimate of drug-likeness (QED) is 0.364. The first-order valence-electron chi connectivity index (χ1n) is 10.0.